The Hall–Kier alpha value is -3.24. The zero-order valence-electron chi connectivity index (χ0n) is 15.7. The minimum atomic E-state index is -1.09. The minimum Gasteiger partial charge on any atom is -0.469 e. The lowest BCUT2D eigenvalue weighted by atomic mass is 9.85. The third-order valence-electron chi connectivity index (χ3n) is 5.07. The van der Waals surface area contributed by atoms with Crippen LogP contribution in [-0.4, -0.2) is 36.7 Å². The Morgan fingerprint density at radius 3 is 2.54 bits per heavy atom. The van der Waals surface area contributed by atoms with E-state index in [0.29, 0.717) is 17.7 Å². The number of benzene rings is 1. The highest BCUT2D eigenvalue weighted by atomic mass is 16.5. The van der Waals surface area contributed by atoms with Gasteiger partial charge in [-0.1, -0.05) is 30.3 Å². The summed E-state index contributed by atoms with van der Waals surface area (Å²) in [5.41, 5.74) is 0.834. The summed E-state index contributed by atoms with van der Waals surface area (Å²) in [5.74, 6) is -1.49. The Morgan fingerprint density at radius 2 is 1.96 bits per heavy atom. The van der Waals surface area contributed by atoms with Crippen LogP contribution in [0.15, 0.2) is 48.7 Å². The molecule has 2 aromatic rings. The molecule has 0 bridgehead atoms. The van der Waals surface area contributed by atoms with Crippen LogP contribution in [-0.2, 0) is 25.5 Å². The highest BCUT2D eigenvalue weighted by Gasteiger charge is 2.54. The van der Waals surface area contributed by atoms with Crippen LogP contribution in [0.3, 0.4) is 0 Å². The number of esters is 2. The summed E-state index contributed by atoms with van der Waals surface area (Å²) in [6.07, 6.45) is 2.02. The maximum atomic E-state index is 12.8. The van der Waals surface area contributed by atoms with Gasteiger partial charge in [0.15, 0.2) is 0 Å². The average molecular weight is 379 g/mol. The summed E-state index contributed by atoms with van der Waals surface area (Å²) in [6.45, 7) is 0. The van der Waals surface area contributed by atoms with Crippen LogP contribution in [0.2, 0.25) is 0 Å². The van der Waals surface area contributed by atoms with Crippen LogP contribution in [0.5, 0.6) is 0 Å². The molecule has 1 aromatic heterocycles. The second-order valence-corrected chi connectivity index (χ2v) is 6.78. The lowest BCUT2D eigenvalue weighted by Crippen LogP contribution is -2.50. The van der Waals surface area contributed by atoms with Gasteiger partial charge in [0.05, 0.1) is 37.4 Å². The van der Waals surface area contributed by atoms with Crippen molar-refractivity contribution in [2.24, 2.45) is 5.92 Å². The quantitative estimate of drug-likeness (QED) is 0.792. The molecule has 0 aliphatic carbocycles. The molecule has 2 heterocycles. The maximum Gasteiger partial charge on any atom is 0.326 e. The molecule has 0 unspecified atom stereocenters. The Bertz CT molecular complexity index is 892. The topological polar surface area (TPSA) is 101 Å². The van der Waals surface area contributed by atoms with Crippen molar-refractivity contribution in [2.75, 3.05) is 14.2 Å². The smallest absolute Gasteiger partial charge is 0.326 e. The van der Waals surface area contributed by atoms with Gasteiger partial charge in [0.25, 0.3) is 0 Å². The van der Waals surface area contributed by atoms with E-state index in [2.05, 4.69) is 10.3 Å². The van der Waals surface area contributed by atoms with Gasteiger partial charge in [0.2, 0.25) is 0 Å². The van der Waals surface area contributed by atoms with Gasteiger partial charge in [-0.25, -0.2) is 0 Å². The number of rotatable bonds is 5. The van der Waals surface area contributed by atoms with Gasteiger partial charge in [0, 0.05) is 12.6 Å². The molecule has 1 N–H and O–H groups in total. The molecule has 3 atom stereocenters. The van der Waals surface area contributed by atoms with Gasteiger partial charge in [-0.05, 0) is 24.1 Å². The van der Waals surface area contributed by atoms with Gasteiger partial charge < -0.3 is 9.47 Å². The van der Waals surface area contributed by atoms with E-state index in [-0.39, 0.29) is 6.42 Å². The molecule has 1 aliphatic heterocycles. The molecule has 7 nitrogen and oxygen atoms in total. The molecule has 0 saturated carbocycles. The Morgan fingerprint density at radius 1 is 1.21 bits per heavy atom. The lowest BCUT2D eigenvalue weighted by Gasteiger charge is -2.27. The van der Waals surface area contributed by atoms with E-state index in [9.17, 15) is 9.59 Å². The van der Waals surface area contributed by atoms with E-state index in [1.165, 1.54) is 20.4 Å². The van der Waals surface area contributed by atoms with Crippen molar-refractivity contribution in [2.45, 2.75) is 24.4 Å². The van der Waals surface area contributed by atoms with Gasteiger partial charge in [0.1, 0.15) is 11.6 Å². The fourth-order valence-electron chi connectivity index (χ4n) is 3.73. The first kappa shape index (κ1) is 19.5. The molecule has 28 heavy (non-hydrogen) atoms. The Labute approximate surface area is 163 Å². The number of hydrogen-bond acceptors (Lipinski definition) is 7. The number of methoxy groups -OCH3 is 2. The van der Waals surface area contributed by atoms with E-state index in [0.717, 1.165) is 5.56 Å². The van der Waals surface area contributed by atoms with Crippen LogP contribution in [0, 0.1) is 17.2 Å². The second kappa shape index (κ2) is 8.19. The second-order valence-electron chi connectivity index (χ2n) is 6.78. The molecule has 1 saturated heterocycles. The summed E-state index contributed by atoms with van der Waals surface area (Å²) in [7, 11) is 2.65. The van der Waals surface area contributed by atoms with Gasteiger partial charge in [-0.3, -0.25) is 19.9 Å². The number of nitrogens with one attached hydrogen (secondary N) is 1. The molecule has 0 amide bonds. The predicted molar refractivity (Wildman–Crippen MR) is 99.8 cm³/mol. The zero-order chi connectivity index (χ0) is 20.1. The third-order valence-corrected chi connectivity index (χ3v) is 5.07. The molecule has 1 aromatic carbocycles. The molecule has 0 spiro atoms. The number of carbonyl (C=O) groups excluding carboxylic acids is 2. The van der Waals surface area contributed by atoms with Crippen molar-refractivity contribution in [3.63, 3.8) is 0 Å². The number of aromatic nitrogens is 1. The first-order valence-corrected chi connectivity index (χ1v) is 8.87. The number of carbonyl (C=O) groups is 2. The zero-order valence-corrected chi connectivity index (χ0v) is 15.7. The van der Waals surface area contributed by atoms with Crippen LogP contribution in [0.25, 0.3) is 0 Å². The van der Waals surface area contributed by atoms with E-state index < -0.39 is 29.4 Å². The molecule has 1 fully saturated rings. The molecule has 144 valence electrons. The number of nitrogens with zero attached hydrogens (tertiary/aromatic N) is 2. The minimum absolute atomic E-state index is 0.216. The van der Waals surface area contributed by atoms with Crippen molar-refractivity contribution in [1.82, 2.24) is 10.3 Å². The van der Waals surface area contributed by atoms with Gasteiger partial charge in [-0.2, -0.15) is 5.26 Å². The lowest BCUT2D eigenvalue weighted by molar-refractivity contribution is -0.148. The molecular weight excluding hydrogens is 358 g/mol. The normalized spacial score (nSPS) is 23.6. The highest BCUT2D eigenvalue weighted by Crippen LogP contribution is 2.40. The first-order chi connectivity index (χ1) is 13.5. The predicted octanol–water partition coefficient (Wildman–Crippen LogP) is 1.93. The van der Waals surface area contributed by atoms with Crippen LogP contribution in [0.4, 0.5) is 0 Å². The van der Waals surface area contributed by atoms with Crippen molar-refractivity contribution in [3.8, 4) is 6.07 Å². The Kier molecular flexibility index (Phi) is 5.71. The number of pyridine rings is 1. The van der Waals surface area contributed by atoms with Crippen LogP contribution >= 0.6 is 0 Å². The summed E-state index contributed by atoms with van der Waals surface area (Å²) in [6, 6.07) is 14.3. The van der Waals surface area contributed by atoms with Crippen molar-refractivity contribution >= 4 is 11.9 Å². The first-order valence-electron chi connectivity index (χ1n) is 8.87. The summed E-state index contributed by atoms with van der Waals surface area (Å²) >= 11 is 0. The molecule has 0 radical (unpaired) electrons. The molecule has 3 rings (SSSR count). The standard InChI is InChI=1S/C21H21N3O4/c1-27-19(25)16-11-21(20(26)28-2,10-14-6-4-3-5-7-14)24-18(16)17-9-8-15(12-22)13-23-17/h3-9,13,16,18,24H,10-11H2,1-2H3/t16-,18+,21-/m1/s1. The third kappa shape index (κ3) is 3.73. The molecule has 7 heteroatoms. The van der Waals surface area contributed by atoms with E-state index >= 15 is 0 Å². The van der Waals surface area contributed by atoms with Crippen molar-refractivity contribution in [3.05, 3.63) is 65.5 Å². The van der Waals surface area contributed by atoms with E-state index in [1.807, 2.05) is 36.4 Å². The summed E-state index contributed by atoms with van der Waals surface area (Å²) < 4.78 is 10.1. The van der Waals surface area contributed by atoms with Crippen LogP contribution in [0.1, 0.15) is 29.3 Å². The number of nitriles is 1. The van der Waals surface area contributed by atoms with Gasteiger partial charge in [-0.15, -0.1) is 0 Å². The largest absolute Gasteiger partial charge is 0.469 e. The SMILES string of the molecule is COC(=O)[C@@H]1C[C@](Cc2ccccc2)(C(=O)OC)N[C@@H]1c1ccc(C#N)cn1. The fourth-order valence-corrected chi connectivity index (χ4v) is 3.73. The highest BCUT2D eigenvalue weighted by molar-refractivity contribution is 5.85. The monoisotopic (exact) mass is 379 g/mol. The average Bonchev–Trinajstić information content (AvgIpc) is 3.14. The number of ether oxygens (including phenoxy) is 2. The van der Waals surface area contributed by atoms with E-state index in [4.69, 9.17) is 14.7 Å². The van der Waals surface area contributed by atoms with Crippen molar-refractivity contribution < 1.29 is 19.1 Å². The summed E-state index contributed by atoms with van der Waals surface area (Å²) in [5, 5.41) is 12.3. The van der Waals surface area contributed by atoms with E-state index in [1.54, 1.807) is 12.1 Å². The maximum absolute atomic E-state index is 12.8. The molecular formula is C21H21N3O4. The van der Waals surface area contributed by atoms with Crippen molar-refractivity contribution in [1.29, 1.82) is 5.26 Å². The van der Waals surface area contributed by atoms with Gasteiger partial charge >= 0.3 is 11.9 Å². The molecule has 1 aliphatic rings. The summed E-state index contributed by atoms with van der Waals surface area (Å²) in [4.78, 5) is 29.6. The Balaban J connectivity index is 2.00. The fraction of sp³-hybridized carbons (Fsp3) is 0.333. The van der Waals surface area contributed by atoms with Crippen LogP contribution < -0.4 is 5.32 Å². The number of hydrogen-bond donors (Lipinski definition) is 1.